The van der Waals surface area contributed by atoms with E-state index >= 15 is 0 Å². The van der Waals surface area contributed by atoms with Gasteiger partial charge in [0.05, 0.1) is 29.0 Å². The van der Waals surface area contributed by atoms with Crippen LogP contribution in [-0.4, -0.2) is 6.71 Å². The molecule has 4 heteroatoms. The molecule has 0 saturated carbocycles. The van der Waals surface area contributed by atoms with Gasteiger partial charge in [0.25, 0.3) is 0 Å². The monoisotopic (exact) mass is 713 g/mol. The second-order valence-corrected chi connectivity index (χ2v) is 15.9. The highest BCUT2D eigenvalue weighted by Crippen LogP contribution is 2.54. The minimum Gasteiger partial charge on any atom is -0.311 e. The molecule has 3 aliphatic carbocycles. The van der Waals surface area contributed by atoms with Crippen LogP contribution in [0.2, 0.25) is 0 Å². The number of hydrogen-bond donors (Lipinski definition) is 0. The molecule has 0 fully saturated rings. The summed E-state index contributed by atoms with van der Waals surface area (Å²) < 4.78 is 0. The molecule has 2 aliphatic heterocycles. The van der Waals surface area contributed by atoms with Gasteiger partial charge in [-0.15, -0.1) is 0 Å². The fourth-order valence-electron chi connectivity index (χ4n) is 10.7. The molecule has 3 nitrogen and oxygen atoms in total. The Morgan fingerprint density at radius 2 is 1.45 bits per heavy atom. The minimum atomic E-state index is -0.0877. The Morgan fingerprint density at radius 1 is 0.679 bits per heavy atom. The van der Waals surface area contributed by atoms with E-state index in [4.69, 9.17) is 0 Å². The molecular formula is C52H36BN3. The van der Waals surface area contributed by atoms with Gasteiger partial charge in [0.1, 0.15) is 0 Å². The molecule has 0 amide bonds. The predicted octanol–water partition coefficient (Wildman–Crippen LogP) is 10.3. The maximum Gasteiger partial charge on any atom is 0.248 e. The van der Waals surface area contributed by atoms with E-state index in [0.717, 1.165) is 39.7 Å². The maximum absolute atomic E-state index is 10.6. The van der Waals surface area contributed by atoms with Crippen LogP contribution < -0.4 is 21.3 Å². The fraction of sp³-hybridized carbons (Fsp3) is 0.115. The third-order valence-corrected chi connectivity index (χ3v) is 12.9. The summed E-state index contributed by atoms with van der Waals surface area (Å²) in [6.07, 6.45) is 19.4. The lowest BCUT2D eigenvalue weighted by Gasteiger charge is -2.45. The van der Waals surface area contributed by atoms with E-state index in [1.54, 1.807) is 0 Å². The van der Waals surface area contributed by atoms with Crippen molar-refractivity contribution in [2.24, 2.45) is 11.8 Å². The lowest BCUT2D eigenvalue weighted by molar-refractivity contribution is 0.438. The van der Waals surface area contributed by atoms with Crippen LogP contribution >= 0.6 is 0 Å². The number of fused-ring (bicyclic) bond motifs is 6. The fourth-order valence-corrected chi connectivity index (χ4v) is 10.7. The normalized spacial score (nSPS) is 19.2. The number of allylic oxidation sites excluding steroid dienone is 9. The largest absolute Gasteiger partial charge is 0.311 e. The highest BCUT2D eigenvalue weighted by molar-refractivity contribution is 7.01. The second-order valence-electron chi connectivity index (χ2n) is 15.9. The smallest absolute Gasteiger partial charge is 0.248 e. The van der Waals surface area contributed by atoms with E-state index in [0.29, 0.717) is 17.0 Å². The summed E-state index contributed by atoms with van der Waals surface area (Å²) in [5.74, 6) is 0.770. The van der Waals surface area contributed by atoms with Crippen LogP contribution in [0.3, 0.4) is 0 Å². The summed E-state index contributed by atoms with van der Waals surface area (Å²) in [4.78, 5) is 2.47. The molecule has 0 spiro atoms. The second kappa shape index (κ2) is 12.3. The van der Waals surface area contributed by atoms with Crippen molar-refractivity contribution in [3.05, 3.63) is 196 Å². The van der Waals surface area contributed by atoms with Crippen molar-refractivity contribution in [2.75, 3.05) is 4.90 Å². The number of benzene rings is 6. The zero-order valence-corrected chi connectivity index (χ0v) is 31.3. The molecule has 0 aromatic heterocycles. The molecule has 6 aromatic rings. The van der Waals surface area contributed by atoms with Gasteiger partial charge in [-0.3, -0.25) is 0 Å². The van der Waals surface area contributed by atoms with E-state index in [9.17, 15) is 10.5 Å². The van der Waals surface area contributed by atoms with Crippen molar-refractivity contribution in [3.8, 4) is 23.3 Å². The first-order valence-electron chi connectivity index (χ1n) is 19.6. The number of para-hydroxylation sites is 1. The average Bonchev–Trinajstić information content (AvgIpc) is 3.24. The average molecular weight is 714 g/mol. The standard InChI is InChI=1S/C52H36BN3/c1-31-13-11-14-32(2)52(31)56-46-28-42-41(48(35-15-5-3-6-16-35)38-20-9-10-21-39(38)49(42)36-17-7-4-8-18-36)27-45(46)53-44-22-12-19-37-23-33(29-54)24-40(50(37)44)43-25-34(30-55)26-47(56)51(43)53/h3-17,19-28,36,39,49H,18H2,1-2H3. The number of rotatable bonds is 3. The summed E-state index contributed by atoms with van der Waals surface area (Å²) in [5, 5.41) is 23.0. The van der Waals surface area contributed by atoms with E-state index in [1.165, 1.54) is 61.0 Å². The molecule has 3 unspecified atom stereocenters. The Morgan fingerprint density at radius 3 is 2.23 bits per heavy atom. The molecule has 2 heterocycles. The molecule has 262 valence electrons. The number of nitrogens with zero attached hydrogens (tertiary/aromatic N) is 3. The van der Waals surface area contributed by atoms with Crippen molar-refractivity contribution in [1.29, 1.82) is 10.5 Å². The zero-order valence-electron chi connectivity index (χ0n) is 31.3. The molecular weight excluding hydrogens is 677 g/mol. The first kappa shape index (κ1) is 32.5. The van der Waals surface area contributed by atoms with Crippen molar-refractivity contribution in [3.63, 3.8) is 0 Å². The number of hydrogen-bond acceptors (Lipinski definition) is 3. The van der Waals surface area contributed by atoms with Gasteiger partial charge in [0.15, 0.2) is 0 Å². The maximum atomic E-state index is 10.6. The SMILES string of the molecule is Cc1cccc(C)c1N1c2cc3c(cc2B2c4c(cc(C#N)cc41)-c1cc(C#N)cc4cccc2c14)C(c1ccccc1)=C1C=CC=CC1C3C1C=CC=CC1. The number of aryl methyl sites for hydroxylation is 2. The van der Waals surface area contributed by atoms with Gasteiger partial charge in [-0.05, 0) is 128 Å². The summed E-state index contributed by atoms with van der Waals surface area (Å²) >= 11 is 0. The predicted molar refractivity (Wildman–Crippen MR) is 231 cm³/mol. The first-order chi connectivity index (χ1) is 27.5. The summed E-state index contributed by atoms with van der Waals surface area (Å²) in [6, 6.07) is 42.3. The third-order valence-electron chi connectivity index (χ3n) is 12.9. The third kappa shape index (κ3) is 4.57. The molecule has 5 aliphatic rings. The Kier molecular flexibility index (Phi) is 7.16. The first-order valence-corrected chi connectivity index (χ1v) is 19.6. The highest BCUT2D eigenvalue weighted by Gasteiger charge is 2.45. The van der Waals surface area contributed by atoms with Crippen molar-refractivity contribution in [1.82, 2.24) is 0 Å². The van der Waals surface area contributed by atoms with Gasteiger partial charge in [-0.1, -0.05) is 127 Å². The van der Waals surface area contributed by atoms with Crippen molar-refractivity contribution < 1.29 is 0 Å². The van der Waals surface area contributed by atoms with Crippen LogP contribution in [0.5, 0.6) is 0 Å². The summed E-state index contributed by atoms with van der Waals surface area (Å²) in [5.41, 5.74) is 19.2. The van der Waals surface area contributed by atoms with Crippen LogP contribution in [0.25, 0.3) is 27.5 Å². The van der Waals surface area contributed by atoms with Gasteiger partial charge in [0, 0.05) is 23.2 Å². The molecule has 56 heavy (non-hydrogen) atoms. The summed E-state index contributed by atoms with van der Waals surface area (Å²) in [6.45, 7) is 4.31. The summed E-state index contributed by atoms with van der Waals surface area (Å²) in [7, 11) is 0. The van der Waals surface area contributed by atoms with Crippen LogP contribution in [0, 0.1) is 48.3 Å². The Hall–Kier alpha value is -6.88. The quantitative estimate of drug-likeness (QED) is 0.171. The van der Waals surface area contributed by atoms with Crippen molar-refractivity contribution in [2.45, 2.75) is 26.2 Å². The van der Waals surface area contributed by atoms with Crippen LogP contribution in [0.15, 0.2) is 157 Å². The highest BCUT2D eigenvalue weighted by atomic mass is 15.2. The van der Waals surface area contributed by atoms with Gasteiger partial charge in [0.2, 0.25) is 6.71 Å². The van der Waals surface area contributed by atoms with Gasteiger partial charge in [-0.2, -0.15) is 10.5 Å². The van der Waals surface area contributed by atoms with Crippen LogP contribution in [-0.2, 0) is 0 Å². The van der Waals surface area contributed by atoms with E-state index in [-0.39, 0.29) is 18.5 Å². The van der Waals surface area contributed by atoms with E-state index < -0.39 is 0 Å². The topological polar surface area (TPSA) is 50.8 Å². The molecule has 3 atom stereocenters. The lowest BCUT2D eigenvalue weighted by Crippen LogP contribution is -2.59. The molecule has 0 N–H and O–H groups in total. The van der Waals surface area contributed by atoms with Gasteiger partial charge < -0.3 is 4.90 Å². The number of nitriles is 2. The van der Waals surface area contributed by atoms with Crippen LogP contribution in [0.1, 0.15) is 51.3 Å². The Labute approximate surface area is 328 Å². The van der Waals surface area contributed by atoms with E-state index in [2.05, 4.69) is 170 Å². The molecule has 0 radical (unpaired) electrons. The van der Waals surface area contributed by atoms with Gasteiger partial charge >= 0.3 is 0 Å². The van der Waals surface area contributed by atoms with E-state index in [1.807, 2.05) is 12.1 Å². The van der Waals surface area contributed by atoms with Crippen molar-refractivity contribution >= 4 is 56.5 Å². The van der Waals surface area contributed by atoms with Gasteiger partial charge in [-0.25, -0.2) is 0 Å². The molecule has 11 rings (SSSR count). The molecule has 6 aromatic carbocycles. The molecule has 0 saturated heterocycles. The molecule has 0 bridgehead atoms. The lowest BCUT2D eigenvalue weighted by atomic mass is 9.32. The Bertz CT molecular complexity index is 2940. The van der Waals surface area contributed by atoms with Crippen LogP contribution in [0.4, 0.5) is 17.1 Å². The minimum absolute atomic E-state index is 0.0877. The Balaban J connectivity index is 1.31. The number of anilines is 3. The zero-order chi connectivity index (χ0) is 37.7.